The van der Waals surface area contributed by atoms with Crippen LogP contribution in [0.3, 0.4) is 0 Å². The van der Waals surface area contributed by atoms with Gasteiger partial charge < -0.3 is 10.5 Å². The van der Waals surface area contributed by atoms with Crippen LogP contribution in [0.15, 0.2) is 18.5 Å². The van der Waals surface area contributed by atoms with Crippen LogP contribution in [-0.4, -0.2) is 32.8 Å². The summed E-state index contributed by atoms with van der Waals surface area (Å²) in [7, 11) is 1.50. The van der Waals surface area contributed by atoms with Crippen LogP contribution in [0.25, 0.3) is 0 Å². The van der Waals surface area contributed by atoms with Gasteiger partial charge in [-0.2, -0.15) is 9.78 Å². The number of aryl methyl sites for hydroxylation is 2. The van der Waals surface area contributed by atoms with Gasteiger partial charge in [-0.05, 0) is 18.9 Å². The van der Waals surface area contributed by atoms with Gasteiger partial charge in [-0.25, -0.2) is 9.97 Å². The Morgan fingerprint density at radius 1 is 1.42 bits per heavy atom. The molecule has 0 aromatic carbocycles. The molecule has 7 nitrogen and oxygen atoms in total. The fourth-order valence-electron chi connectivity index (χ4n) is 1.65. The first kappa shape index (κ1) is 13.0. The zero-order valence-corrected chi connectivity index (χ0v) is 10.8. The molecule has 2 aromatic heterocycles. The second-order valence-corrected chi connectivity index (χ2v) is 4.09. The van der Waals surface area contributed by atoms with E-state index in [1.165, 1.54) is 11.8 Å². The van der Waals surface area contributed by atoms with Crippen LogP contribution in [0.1, 0.15) is 22.5 Å². The summed E-state index contributed by atoms with van der Waals surface area (Å²) in [4.78, 5) is 19.9. The molecule has 2 heterocycles. The van der Waals surface area contributed by atoms with Crippen molar-refractivity contribution in [1.29, 1.82) is 0 Å². The van der Waals surface area contributed by atoms with Gasteiger partial charge in [0.1, 0.15) is 5.82 Å². The molecule has 0 saturated heterocycles. The van der Waals surface area contributed by atoms with Crippen molar-refractivity contribution < 1.29 is 9.53 Å². The van der Waals surface area contributed by atoms with Crippen molar-refractivity contribution in [2.45, 2.75) is 19.8 Å². The Morgan fingerprint density at radius 3 is 2.63 bits per heavy atom. The van der Waals surface area contributed by atoms with Gasteiger partial charge in [0.2, 0.25) is 5.91 Å². The fourth-order valence-corrected chi connectivity index (χ4v) is 1.65. The summed E-state index contributed by atoms with van der Waals surface area (Å²) in [6.07, 6.45) is 4.09. The van der Waals surface area contributed by atoms with E-state index in [-0.39, 0.29) is 5.91 Å². The Hall–Kier alpha value is -2.44. The highest BCUT2D eigenvalue weighted by Gasteiger charge is 2.11. The van der Waals surface area contributed by atoms with E-state index in [0.717, 1.165) is 11.3 Å². The smallest absolute Gasteiger partial charge is 0.316 e. The quantitative estimate of drug-likeness (QED) is 0.876. The third kappa shape index (κ3) is 3.06. The molecule has 0 bridgehead atoms. The van der Waals surface area contributed by atoms with E-state index in [4.69, 9.17) is 10.5 Å². The Labute approximate surface area is 110 Å². The summed E-state index contributed by atoms with van der Waals surface area (Å²) in [5.74, 6) is 0.204. The molecule has 2 N–H and O–H groups in total. The van der Waals surface area contributed by atoms with Crippen LogP contribution in [0.5, 0.6) is 6.01 Å². The predicted octanol–water partition coefficient (Wildman–Crippen LogP) is 0.845. The Balaban J connectivity index is 1.98. The highest BCUT2D eigenvalue weighted by atomic mass is 16.5. The van der Waals surface area contributed by atoms with Crippen molar-refractivity contribution in [2.24, 2.45) is 0 Å². The molecule has 7 heteroatoms. The van der Waals surface area contributed by atoms with E-state index < -0.39 is 0 Å². The molecule has 0 unspecified atom stereocenters. The number of ether oxygens (including phenoxy) is 1. The molecule has 0 aliphatic heterocycles. The van der Waals surface area contributed by atoms with Gasteiger partial charge in [0.15, 0.2) is 0 Å². The molecule has 0 fully saturated rings. The maximum absolute atomic E-state index is 11.9. The van der Waals surface area contributed by atoms with Gasteiger partial charge >= 0.3 is 6.01 Å². The normalized spacial score (nSPS) is 10.4. The van der Waals surface area contributed by atoms with Gasteiger partial charge in [-0.1, -0.05) is 0 Å². The average molecular weight is 261 g/mol. The average Bonchev–Trinajstić information content (AvgIpc) is 2.75. The summed E-state index contributed by atoms with van der Waals surface area (Å²) < 4.78 is 6.08. The van der Waals surface area contributed by atoms with Crippen molar-refractivity contribution >= 4 is 11.7 Å². The number of rotatable bonds is 4. The molecule has 100 valence electrons. The molecule has 0 saturated carbocycles. The highest BCUT2D eigenvalue weighted by Crippen LogP contribution is 2.09. The van der Waals surface area contributed by atoms with E-state index in [1.54, 1.807) is 25.4 Å². The van der Waals surface area contributed by atoms with E-state index in [9.17, 15) is 4.79 Å². The lowest BCUT2D eigenvalue weighted by Gasteiger charge is -2.03. The number of carbonyl (C=O) groups excluding carboxylic acids is 1. The zero-order chi connectivity index (χ0) is 13.8. The van der Waals surface area contributed by atoms with Crippen LogP contribution in [0.2, 0.25) is 0 Å². The lowest BCUT2D eigenvalue weighted by atomic mass is 10.2. The standard InChI is InChI=1S/C12H15N5O2/c1-8-5-10(13)17(16-8)11(18)4-3-9-6-14-12(19-2)15-7-9/h5-7H,3-4,13H2,1-2H3. The van der Waals surface area contributed by atoms with E-state index in [0.29, 0.717) is 24.7 Å². The summed E-state index contributed by atoms with van der Waals surface area (Å²) in [6, 6.07) is 1.97. The van der Waals surface area contributed by atoms with E-state index in [2.05, 4.69) is 15.1 Å². The number of carbonyl (C=O) groups is 1. The lowest BCUT2D eigenvalue weighted by molar-refractivity contribution is 0.0890. The summed E-state index contributed by atoms with van der Waals surface area (Å²) in [5.41, 5.74) is 7.27. The topological polar surface area (TPSA) is 95.9 Å². The number of nitrogen functional groups attached to an aromatic ring is 1. The van der Waals surface area contributed by atoms with E-state index in [1.807, 2.05) is 0 Å². The van der Waals surface area contributed by atoms with Crippen LogP contribution in [0.4, 0.5) is 5.82 Å². The molecule has 0 atom stereocenters. The second kappa shape index (κ2) is 5.47. The van der Waals surface area contributed by atoms with Gasteiger partial charge in [-0.3, -0.25) is 4.79 Å². The zero-order valence-electron chi connectivity index (χ0n) is 10.8. The minimum absolute atomic E-state index is 0.151. The number of methoxy groups -OCH3 is 1. The molecular weight excluding hydrogens is 246 g/mol. The predicted molar refractivity (Wildman–Crippen MR) is 68.9 cm³/mol. The first-order valence-corrected chi connectivity index (χ1v) is 5.80. The minimum Gasteiger partial charge on any atom is -0.467 e. The van der Waals surface area contributed by atoms with Gasteiger partial charge in [0, 0.05) is 24.9 Å². The van der Waals surface area contributed by atoms with Crippen molar-refractivity contribution in [3.05, 3.63) is 29.7 Å². The van der Waals surface area contributed by atoms with Crippen LogP contribution >= 0.6 is 0 Å². The van der Waals surface area contributed by atoms with Crippen molar-refractivity contribution in [2.75, 3.05) is 12.8 Å². The van der Waals surface area contributed by atoms with Crippen LogP contribution in [-0.2, 0) is 6.42 Å². The number of hydrogen-bond donors (Lipinski definition) is 1. The van der Waals surface area contributed by atoms with Crippen molar-refractivity contribution in [3.63, 3.8) is 0 Å². The molecule has 0 radical (unpaired) electrons. The molecule has 0 aliphatic carbocycles. The number of aromatic nitrogens is 4. The first-order valence-electron chi connectivity index (χ1n) is 5.80. The van der Waals surface area contributed by atoms with Crippen molar-refractivity contribution in [1.82, 2.24) is 19.7 Å². The number of nitrogens with two attached hydrogens (primary N) is 1. The minimum atomic E-state index is -0.151. The van der Waals surface area contributed by atoms with Crippen LogP contribution in [0, 0.1) is 6.92 Å². The van der Waals surface area contributed by atoms with Crippen LogP contribution < -0.4 is 10.5 Å². The van der Waals surface area contributed by atoms with Gasteiger partial charge in [-0.15, -0.1) is 0 Å². The largest absolute Gasteiger partial charge is 0.467 e. The second-order valence-electron chi connectivity index (χ2n) is 4.09. The molecule has 2 rings (SSSR count). The lowest BCUT2D eigenvalue weighted by Crippen LogP contribution is -2.15. The highest BCUT2D eigenvalue weighted by molar-refractivity contribution is 5.81. The SMILES string of the molecule is COc1ncc(CCC(=O)n2nc(C)cc2N)cn1. The molecule has 0 amide bonds. The number of hydrogen-bond acceptors (Lipinski definition) is 6. The Bertz CT molecular complexity index is 576. The Morgan fingerprint density at radius 2 is 2.11 bits per heavy atom. The maximum atomic E-state index is 11.9. The first-order chi connectivity index (χ1) is 9.10. The van der Waals surface area contributed by atoms with Gasteiger partial charge in [0.05, 0.1) is 12.8 Å². The summed E-state index contributed by atoms with van der Waals surface area (Å²) >= 11 is 0. The molecule has 2 aromatic rings. The summed E-state index contributed by atoms with van der Waals surface area (Å²) in [6.45, 7) is 1.79. The Kier molecular flexibility index (Phi) is 3.74. The third-order valence-corrected chi connectivity index (χ3v) is 2.59. The summed E-state index contributed by atoms with van der Waals surface area (Å²) in [5, 5.41) is 4.04. The third-order valence-electron chi connectivity index (χ3n) is 2.59. The van der Waals surface area contributed by atoms with Crippen molar-refractivity contribution in [3.8, 4) is 6.01 Å². The molecule has 0 spiro atoms. The maximum Gasteiger partial charge on any atom is 0.316 e. The fraction of sp³-hybridized carbons (Fsp3) is 0.333. The monoisotopic (exact) mass is 261 g/mol. The number of anilines is 1. The van der Waals surface area contributed by atoms with E-state index >= 15 is 0 Å². The molecule has 0 aliphatic rings. The molecular formula is C12H15N5O2. The van der Waals surface area contributed by atoms with Gasteiger partial charge in [0.25, 0.3) is 0 Å². The molecule has 19 heavy (non-hydrogen) atoms. The number of nitrogens with zero attached hydrogens (tertiary/aromatic N) is 4.